The van der Waals surface area contributed by atoms with Crippen LogP contribution in [-0.2, 0) is 12.1 Å². The van der Waals surface area contributed by atoms with E-state index in [4.69, 9.17) is 0 Å². The van der Waals surface area contributed by atoms with Gasteiger partial charge in [-0.25, -0.2) is 4.39 Å². The van der Waals surface area contributed by atoms with Gasteiger partial charge in [0.05, 0.1) is 0 Å². The van der Waals surface area contributed by atoms with Crippen molar-refractivity contribution < 1.29 is 4.39 Å². The molecular formula is C13H19F. The van der Waals surface area contributed by atoms with Crippen LogP contribution in [0.5, 0.6) is 0 Å². The van der Waals surface area contributed by atoms with Gasteiger partial charge in [-0.05, 0) is 30.4 Å². The zero-order chi connectivity index (χ0) is 10.6. The lowest BCUT2D eigenvalue weighted by Crippen LogP contribution is -2.19. The number of hydrogen-bond donors (Lipinski definition) is 0. The van der Waals surface area contributed by atoms with Crippen molar-refractivity contribution in [3.8, 4) is 0 Å². The molecule has 1 heteroatoms. The van der Waals surface area contributed by atoms with Crippen LogP contribution in [-0.4, -0.2) is 0 Å². The van der Waals surface area contributed by atoms with Crippen LogP contribution < -0.4 is 0 Å². The summed E-state index contributed by atoms with van der Waals surface area (Å²) in [4.78, 5) is 0. The first kappa shape index (κ1) is 11.2. The fourth-order valence-corrected chi connectivity index (χ4v) is 1.90. The summed E-state index contributed by atoms with van der Waals surface area (Å²) in [6.45, 7) is 5.90. The predicted molar refractivity (Wildman–Crippen MR) is 59.2 cm³/mol. The Hall–Kier alpha value is -0.850. The third kappa shape index (κ3) is 1.97. The van der Waals surface area contributed by atoms with Crippen molar-refractivity contribution >= 4 is 0 Å². The second-order valence-electron chi connectivity index (χ2n) is 3.68. The molecule has 0 fully saturated rings. The number of rotatable bonds is 4. The van der Waals surface area contributed by atoms with E-state index in [9.17, 15) is 4.39 Å². The van der Waals surface area contributed by atoms with Crippen LogP contribution in [0, 0.1) is 0 Å². The lowest BCUT2D eigenvalue weighted by Gasteiger charge is -2.25. The molecule has 0 saturated heterocycles. The molecule has 14 heavy (non-hydrogen) atoms. The zero-order valence-corrected chi connectivity index (χ0v) is 9.31. The molecule has 0 N–H and O–H groups in total. The van der Waals surface area contributed by atoms with Gasteiger partial charge in [0.2, 0.25) is 0 Å². The summed E-state index contributed by atoms with van der Waals surface area (Å²) in [5.74, 6) is 0. The Bertz CT molecular complexity index is 287. The molecule has 0 aliphatic carbocycles. The third-order valence-corrected chi connectivity index (χ3v) is 3.00. The maximum atomic E-state index is 14.4. The van der Waals surface area contributed by atoms with E-state index in [2.05, 4.69) is 6.92 Å². The van der Waals surface area contributed by atoms with Crippen molar-refractivity contribution in [3.63, 3.8) is 0 Å². The van der Waals surface area contributed by atoms with Crippen molar-refractivity contribution in [3.05, 3.63) is 35.4 Å². The van der Waals surface area contributed by atoms with Gasteiger partial charge in [0, 0.05) is 0 Å². The van der Waals surface area contributed by atoms with Crippen molar-refractivity contribution in [1.82, 2.24) is 0 Å². The monoisotopic (exact) mass is 194 g/mol. The Morgan fingerprint density at radius 1 is 1.07 bits per heavy atom. The van der Waals surface area contributed by atoms with Crippen molar-refractivity contribution in [2.24, 2.45) is 0 Å². The molecule has 78 valence electrons. The summed E-state index contributed by atoms with van der Waals surface area (Å²) in [6, 6.07) is 7.85. The topological polar surface area (TPSA) is 0 Å². The molecule has 1 rings (SSSR count). The van der Waals surface area contributed by atoms with Crippen LogP contribution in [0.4, 0.5) is 4.39 Å². The van der Waals surface area contributed by atoms with E-state index >= 15 is 0 Å². The van der Waals surface area contributed by atoms with E-state index in [1.807, 2.05) is 38.1 Å². The smallest absolute Gasteiger partial charge is 0.135 e. The molecule has 1 aromatic rings. The van der Waals surface area contributed by atoms with Gasteiger partial charge in [-0.3, -0.25) is 0 Å². The lowest BCUT2D eigenvalue weighted by atomic mass is 9.86. The minimum absolute atomic E-state index is 0.556. The van der Waals surface area contributed by atoms with Crippen molar-refractivity contribution in [1.29, 1.82) is 0 Å². The van der Waals surface area contributed by atoms with Gasteiger partial charge >= 0.3 is 0 Å². The first-order chi connectivity index (χ1) is 6.68. The van der Waals surface area contributed by atoms with Gasteiger partial charge in [0.1, 0.15) is 5.67 Å². The molecule has 0 aliphatic rings. The van der Waals surface area contributed by atoms with Gasteiger partial charge in [-0.1, -0.05) is 45.0 Å². The summed E-state index contributed by atoms with van der Waals surface area (Å²) in [6.07, 6.45) is 2.02. The highest BCUT2D eigenvalue weighted by molar-refractivity contribution is 5.32. The summed E-state index contributed by atoms with van der Waals surface area (Å²) in [7, 11) is 0. The molecule has 0 amide bonds. The van der Waals surface area contributed by atoms with Gasteiger partial charge in [0.15, 0.2) is 0 Å². The third-order valence-electron chi connectivity index (χ3n) is 3.00. The van der Waals surface area contributed by atoms with Gasteiger partial charge < -0.3 is 0 Å². The quantitative estimate of drug-likeness (QED) is 0.672. The maximum absolute atomic E-state index is 14.4. The molecule has 0 nitrogen and oxygen atoms in total. The number of hydrogen-bond acceptors (Lipinski definition) is 0. The highest BCUT2D eigenvalue weighted by atomic mass is 19.1. The fraction of sp³-hybridized carbons (Fsp3) is 0.538. The Labute approximate surface area is 86.2 Å². The molecule has 0 aromatic heterocycles. The summed E-state index contributed by atoms with van der Waals surface area (Å²) in [5.41, 5.74) is 0.887. The van der Waals surface area contributed by atoms with Crippen LogP contribution in [0.2, 0.25) is 0 Å². The molecule has 0 saturated carbocycles. The van der Waals surface area contributed by atoms with Crippen LogP contribution >= 0.6 is 0 Å². The SMILES string of the molecule is CCc1ccccc1C(F)(CC)CC. The molecule has 0 heterocycles. The molecule has 0 atom stereocenters. The fourth-order valence-electron chi connectivity index (χ4n) is 1.90. The molecule has 0 spiro atoms. The van der Waals surface area contributed by atoms with Crippen molar-refractivity contribution in [2.75, 3.05) is 0 Å². The normalized spacial score (nSPS) is 11.7. The second-order valence-corrected chi connectivity index (χ2v) is 3.68. The Balaban J connectivity index is 3.15. The summed E-state index contributed by atoms with van der Waals surface area (Å²) in [5, 5.41) is 0. The highest BCUT2D eigenvalue weighted by Gasteiger charge is 2.29. The number of benzene rings is 1. The van der Waals surface area contributed by atoms with Gasteiger partial charge in [-0.15, -0.1) is 0 Å². The molecule has 0 radical (unpaired) electrons. The Morgan fingerprint density at radius 3 is 2.14 bits per heavy atom. The Morgan fingerprint density at radius 2 is 1.64 bits per heavy atom. The minimum atomic E-state index is -1.13. The zero-order valence-electron chi connectivity index (χ0n) is 9.31. The predicted octanol–water partition coefficient (Wildman–Crippen LogP) is 4.23. The molecule has 0 aliphatic heterocycles. The van der Waals surface area contributed by atoms with Crippen LogP contribution in [0.3, 0.4) is 0 Å². The van der Waals surface area contributed by atoms with Crippen molar-refractivity contribution in [2.45, 2.75) is 45.7 Å². The van der Waals surface area contributed by atoms with E-state index in [0.29, 0.717) is 12.8 Å². The van der Waals surface area contributed by atoms with E-state index in [1.165, 1.54) is 0 Å². The standard InChI is InChI=1S/C13H19F/c1-4-11-9-7-8-10-12(11)13(14,5-2)6-3/h7-10H,4-6H2,1-3H3. The first-order valence-corrected chi connectivity index (χ1v) is 5.45. The molecule has 0 unspecified atom stereocenters. The van der Waals surface area contributed by atoms with Gasteiger partial charge in [0.25, 0.3) is 0 Å². The van der Waals surface area contributed by atoms with E-state index in [0.717, 1.165) is 17.5 Å². The van der Waals surface area contributed by atoms with E-state index < -0.39 is 5.67 Å². The van der Waals surface area contributed by atoms with Gasteiger partial charge in [-0.2, -0.15) is 0 Å². The molecular weight excluding hydrogens is 175 g/mol. The van der Waals surface area contributed by atoms with Crippen LogP contribution in [0.1, 0.15) is 44.7 Å². The Kier molecular flexibility index (Phi) is 3.68. The average molecular weight is 194 g/mol. The van der Waals surface area contributed by atoms with Crippen LogP contribution in [0.15, 0.2) is 24.3 Å². The summed E-state index contributed by atoms with van der Waals surface area (Å²) >= 11 is 0. The number of halogens is 1. The van der Waals surface area contributed by atoms with E-state index in [-0.39, 0.29) is 0 Å². The van der Waals surface area contributed by atoms with E-state index in [1.54, 1.807) is 0 Å². The number of alkyl halides is 1. The lowest BCUT2D eigenvalue weighted by molar-refractivity contribution is 0.150. The minimum Gasteiger partial charge on any atom is -0.239 e. The second kappa shape index (κ2) is 4.59. The average Bonchev–Trinajstić information content (AvgIpc) is 2.28. The highest BCUT2D eigenvalue weighted by Crippen LogP contribution is 2.35. The molecule has 1 aromatic carbocycles. The summed E-state index contributed by atoms with van der Waals surface area (Å²) < 4.78 is 14.4. The molecule has 0 bridgehead atoms. The maximum Gasteiger partial charge on any atom is 0.135 e. The van der Waals surface area contributed by atoms with Crippen LogP contribution in [0.25, 0.3) is 0 Å². The first-order valence-electron chi connectivity index (χ1n) is 5.45. The largest absolute Gasteiger partial charge is 0.239 e. The number of aryl methyl sites for hydroxylation is 1.